The molecule has 3 aromatic rings. The molecule has 0 aromatic heterocycles. The summed E-state index contributed by atoms with van der Waals surface area (Å²) in [7, 11) is -3.13. The molecule has 3 atom stereocenters. The Hall–Kier alpha value is -2.17. The van der Waals surface area contributed by atoms with E-state index in [9.17, 15) is 8.42 Å². The zero-order valence-corrected chi connectivity index (χ0v) is 18.7. The van der Waals surface area contributed by atoms with Gasteiger partial charge in [0.1, 0.15) is 0 Å². The number of nitrogens with one attached hydrogen (secondary N) is 1. The van der Waals surface area contributed by atoms with Crippen molar-refractivity contribution in [2.45, 2.75) is 49.5 Å². The molecular weight excluding hydrogens is 390 g/mol. The third-order valence-corrected chi connectivity index (χ3v) is 7.69. The predicted octanol–water partition coefficient (Wildman–Crippen LogP) is 5.87. The van der Waals surface area contributed by atoms with E-state index in [-0.39, 0.29) is 0 Å². The minimum absolute atomic E-state index is 0.311. The summed E-state index contributed by atoms with van der Waals surface area (Å²) in [5.41, 5.74) is 2.63. The Morgan fingerprint density at radius 3 is 2.47 bits per heavy atom. The highest BCUT2D eigenvalue weighted by molar-refractivity contribution is 7.90. The summed E-state index contributed by atoms with van der Waals surface area (Å²) in [5, 5.41) is 6.40. The molecule has 0 bridgehead atoms. The van der Waals surface area contributed by atoms with Crippen LogP contribution in [0.3, 0.4) is 0 Å². The van der Waals surface area contributed by atoms with Gasteiger partial charge in [0.05, 0.1) is 4.90 Å². The highest BCUT2D eigenvalue weighted by atomic mass is 32.2. The van der Waals surface area contributed by atoms with E-state index >= 15 is 0 Å². The first-order valence-electron chi connectivity index (χ1n) is 10.9. The number of fused-ring (bicyclic) bond motifs is 1. The maximum absolute atomic E-state index is 11.7. The molecule has 1 aliphatic carbocycles. The van der Waals surface area contributed by atoms with Gasteiger partial charge in [-0.15, -0.1) is 0 Å². The van der Waals surface area contributed by atoms with Crippen LogP contribution in [0.1, 0.15) is 55.7 Å². The standard InChI is InChI=1S/C26H31NO2S/c1-19(25-12-6-9-22-8-3-4-11-26(22)25)27-18-20-7-5-10-23(17-20)21-13-15-24(16-14-21)30(2,28)29/h3-4,6,8-9,11-16,19-20,23,27H,5,7,10,17-18H2,1-2H3/t19-,20?,23?/m1/s1. The fraction of sp³-hybridized carbons (Fsp3) is 0.385. The van der Waals surface area contributed by atoms with E-state index in [1.54, 1.807) is 12.1 Å². The van der Waals surface area contributed by atoms with Gasteiger partial charge in [0, 0.05) is 12.3 Å². The summed E-state index contributed by atoms with van der Waals surface area (Å²) in [6, 6.07) is 23.0. The van der Waals surface area contributed by atoms with Gasteiger partial charge in [-0.3, -0.25) is 0 Å². The highest BCUT2D eigenvalue weighted by Gasteiger charge is 2.24. The molecule has 3 aromatic carbocycles. The molecule has 1 aliphatic rings. The second-order valence-corrected chi connectivity index (χ2v) is 10.8. The van der Waals surface area contributed by atoms with Crippen LogP contribution in [0.2, 0.25) is 0 Å². The Bertz CT molecular complexity index is 1100. The van der Waals surface area contributed by atoms with Crippen molar-refractivity contribution in [2.75, 3.05) is 12.8 Å². The number of hydrogen-bond donors (Lipinski definition) is 1. The zero-order valence-electron chi connectivity index (χ0n) is 17.8. The van der Waals surface area contributed by atoms with E-state index in [1.807, 2.05) is 12.1 Å². The third kappa shape index (κ3) is 4.76. The Morgan fingerprint density at radius 1 is 0.967 bits per heavy atom. The molecule has 3 nitrogen and oxygen atoms in total. The van der Waals surface area contributed by atoms with Crippen LogP contribution in [0.15, 0.2) is 71.6 Å². The largest absolute Gasteiger partial charge is 0.310 e. The summed E-state index contributed by atoms with van der Waals surface area (Å²) >= 11 is 0. The van der Waals surface area contributed by atoms with E-state index in [2.05, 4.69) is 54.7 Å². The molecule has 1 fully saturated rings. The van der Waals surface area contributed by atoms with Crippen molar-refractivity contribution in [2.24, 2.45) is 5.92 Å². The van der Waals surface area contributed by atoms with Crippen molar-refractivity contribution in [1.29, 1.82) is 0 Å². The Morgan fingerprint density at radius 2 is 1.70 bits per heavy atom. The van der Waals surface area contributed by atoms with E-state index < -0.39 is 9.84 Å². The first kappa shape index (κ1) is 21.1. The molecule has 2 unspecified atom stereocenters. The second kappa shape index (κ2) is 8.91. The average molecular weight is 422 g/mol. The van der Waals surface area contributed by atoms with Gasteiger partial charge < -0.3 is 5.32 Å². The van der Waals surface area contributed by atoms with Crippen LogP contribution < -0.4 is 5.32 Å². The summed E-state index contributed by atoms with van der Waals surface area (Å²) < 4.78 is 23.4. The van der Waals surface area contributed by atoms with Gasteiger partial charge in [-0.05, 0) is 78.6 Å². The van der Waals surface area contributed by atoms with Gasteiger partial charge in [0.25, 0.3) is 0 Å². The van der Waals surface area contributed by atoms with Gasteiger partial charge >= 0.3 is 0 Å². The number of hydrogen-bond acceptors (Lipinski definition) is 3. The van der Waals surface area contributed by atoms with E-state index in [4.69, 9.17) is 0 Å². The lowest BCUT2D eigenvalue weighted by Gasteiger charge is -2.31. The average Bonchev–Trinajstić information content (AvgIpc) is 2.77. The van der Waals surface area contributed by atoms with Crippen LogP contribution in [0, 0.1) is 5.92 Å². The van der Waals surface area contributed by atoms with E-state index in [0.29, 0.717) is 22.8 Å². The topological polar surface area (TPSA) is 46.2 Å². The molecule has 4 heteroatoms. The minimum atomic E-state index is -3.13. The number of sulfone groups is 1. The summed E-state index contributed by atoms with van der Waals surface area (Å²) in [6.45, 7) is 3.27. The molecule has 1 N–H and O–H groups in total. The number of benzene rings is 3. The fourth-order valence-electron chi connectivity index (χ4n) is 4.85. The second-order valence-electron chi connectivity index (χ2n) is 8.77. The maximum Gasteiger partial charge on any atom is 0.175 e. The first-order chi connectivity index (χ1) is 14.4. The molecule has 158 valence electrons. The molecule has 1 saturated carbocycles. The van der Waals surface area contributed by atoms with E-state index in [0.717, 1.165) is 13.0 Å². The van der Waals surface area contributed by atoms with Gasteiger partial charge in [0.2, 0.25) is 0 Å². The van der Waals surface area contributed by atoms with Gasteiger partial charge in [-0.1, -0.05) is 61.0 Å². The summed E-state index contributed by atoms with van der Waals surface area (Å²) in [4.78, 5) is 0.407. The molecule has 30 heavy (non-hydrogen) atoms. The monoisotopic (exact) mass is 421 g/mol. The Balaban J connectivity index is 1.39. The van der Waals surface area contributed by atoms with Crippen LogP contribution in [0.4, 0.5) is 0 Å². The summed E-state index contributed by atoms with van der Waals surface area (Å²) in [6.07, 6.45) is 6.10. The number of rotatable bonds is 6. The summed E-state index contributed by atoms with van der Waals surface area (Å²) in [5.74, 6) is 1.17. The maximum atomic E-state index is 11.7. The zero-order chi connectivity index (χ0) is 21.1. The molecule has 0 radical (unpaired) electrons. The lowest BCUT2D eigenvalue weighted by molar-refractivity contribution is 0.302. The Labute approximate surface area is 180 Å². The molecule has 0 saturated heterocycles. The van der Waals surface area contributed by atoms with Crippen LogP contribution in [0.5, 0.6) is 0 Å². The minimum Gasteiger partial charge on any atom is -0.310 e. The van der Waals surface area contributed by atoms with Crippen molar-refractivity contribution in [3.63, 3.8) is 0 Å². The predicted molar refractivity (Wildman–Crippen MR) is 125 cm³/mol. The van der Waals surface area contributed by atoms with Gasteiger partial charge in [-0.25, -0.2) is 8.42 Å². The quantitative estimate of drug-likeness (QED) is 0.541. The molecule has 0 spiro atoms. The first-order valence-corrected chi connectivity index (χ1v) is 12.8. The van der Waals surface area contributed by atoms with Crippen molar-refractivity contribution in [3.05, 3.63) is 77.9 Å². The van der Waals surface area contributed by atoms with Crippen molar-refractivity contribution < 1.29 is 8.42 Å². The molecule has 0 aliphatic heterocycles. The van der Waals surface area contributed by atoms with Gasteiger partial charge in [-0.2, -0.15) is 0 Å². The van der Waals surface area contributed by atoms with Crippen molar-refractivity contribution in [3.8, 4) is 0 Å². The third-order valence-electron chi connectivity index (χ3n) is 6.57. The fourth-order valence-corrected chi connectivity index (χ4v) is 5.48. The normalized spacial score (nSPS) is 20.9. The van der Waals surface area contributed by atoms with Crippen LogP contribution >= 0.6 is 0 Å². The molecule has 4 rings (SSSR count). The SMILES string of the molecule is C[C@@H](NCC1CCCC(c2ccc(S(C)(=O)=O)cc2)C1)c1cccc2ccccc12. The van der Waals surface area contributed by atoms with E-state index in [1.165, 1.54) is 47.4 Å². The van der Waals surface area contributed by atoms with Crippen LogP contribution in [-0.4, -0.2) is 21.2 Å². The molecule has 0 heterocycles. The van der Waals surface area contributed by atoms with Gasteiger partial charge in [0.15, 0.2) is 9.84 Å². The smallest absolute Gasteiger partial charge is 0.175 e. The highest BCUT2D eigenvalue weighted by Crippen LogP contribution is 2.36. The van der Waals surface area contributed by atoms with Crippen molar-refractivity contribution >= 4 is 20.6 Å². The molecular formula is C26H31NO2S. The lowest BCUT2D eigenvalue weighted by Crippen LogP contribution is -2.29. The lowest BCUT2D eigenvalue weighted by atomic mass is 9.78. The molecule has 0 amide bonds. The Kier molecular flexibility index (Phi) is 6.26. The van der Waals surface area contributed by atoms with Crippen LogP contribution in [0.25, 0.3) is 10.8 Å². The van der Waals surface area contributed by atoms with Crippen LogP contribution in [-0.2, 0) is 9.84 Å². The van der Waals surface area contributed by atoms with Crippen molar-refractivity contribution in [1.82, 2.24) is 5.32 Å².